The van der Waals surface area contributed by atoms with Gasteiger partial charge in [-0.2, -0.15) is 0 Å². The van der Waals surface area contributed by atoms with Gasteiger partial charge in [-0.15, -0.1) is 11.3 Å². The highest BCUT2D eigenvalue weighted by atomic mass is 32.1. The molecule has 1 atom stereocenters. The Morgan fingerprint density at radius 3 is 2.77 bits per heavy atom. The van der Waals surface area contributed by atoms with E-state index in [2.05, 4.69) is 18.7 Å². The van der Waals surface area contributed by atoms with Crippen molar-refractivity contribution in [3.8, 4) is 0 Å². The predicted octanol–water partition coefficient (Wildman–Crippen LogP) is 2.96. The molecule has 0 aliphatic carbocycles. The third-order valence-corrected chi connectivity index (χ3v) is 4.97. The van der Waals surface area contributed by atoms with Gasteiger partial charge in [-0.3, -0.25) is 4.79 Å². The first-order valence-corrected chi connectivity index (χ1v) is 8.87. The van der Waals surface area contributed by atoms with Gasteiger partial charge >= 0.3 is 0 Å². The van der Waals surface area contributed by atoms with Gasteiger partial charge in [-0.05, 0) is 58.1 Å². The van der Waals surface area contributed by atoms with Crippen molar-refractivity contribution in [1.29, 1.82) is 0 Å². The van der Waals surface area contributed by atoms with Crippen LogP contribution in [-0.2, 0) is 4.74 Å². The monoisotopic (exact) mass is 324 g/mol. The van der Waals surface area contributed by atoms with Gasteiger partial charge in [0.2, 0.25) is 0 Å². The molecule has 1 aromatic heterocycles. The van der Waals surface area contributed by atoms with Gasteiger partial charge in [0.1, 0.15) is 0 Å². The third-order valence-electron chi connectivity index (χ3n) is 4.11. The maximum atomic E-state index is 12.7. The van der Waals surface area contributed by atoms with E-state index in [1.807, 2.05) is 36.5 Å². The number of hydrogen-bond acceptors (Lipinski definition) is 4. The van der Waals surface area contributed by atoms with Crippen LogP contribution < -0.4 is 0 Å². The molecule has 0 bridgehead atoms. The number of carbonyl (C=O) groups excluding carboxylic acids is 1. The first kappa shape index (κ1) is 17.4. The lowest BCUT2D eigenvalue weighted by molar-refractivity contribution is -0.0757. The Balaban J connectivity index is 2.02. The molecule has 2 heterocycles. The first-order chi connectivity index (χ1) is 10.4. The van der Waals surface area contributed by atoms with Gasteiger partial charge < -0.3 is 14.5 Å². The molecule has 0 unspecified atom stereocenters. The summed E-state index contributed by atoms with van der Waals surface area (Å²) < 4.78 is 5.80. The molecular formula is C17H28N2O2S. The Kier molecular flexibility index (Phi) is 6.01. The average molecular weight is 324 g/mol. The summed E-state index contributed by atoms with van der Waals surface area (Å²) >= 11 is 1.53. The fraction of sp³-hybridized carbons (Fsp3) is 0.706. The largest absolute Gasteiger partial charge is 0.376 e. The molecule has 1 saturated heterocycles. The number of nitrogens with zero attached hydrogens (tertiary/aromatic N) is 2. The van der Waals surface area contributed by atoms with Crippen molar-refractivity contribution >= 4 is 17.2 Å². The SMILES string of the molecule is CN(C)CCN(C[C@H]1CCOC(C)(C)C1)C(=O)c1cccs1. The topological polar surface area (TPSA) is 32.8 Å². The number of ether oxygens (including phenoxy) is 1. The number of hydrogen-bond donors (Lipinski definition) is 0. The number of carbonyl (C=O) groups is 1. The summed E-state index contributed by atoms with van der Waals surface area (Å²) in [7, 11) is 4.09. The van der Waals surface area contributed by atoms with Crippen molar-refractivity contribution in [2.75, 3.05) is 40.3 Å². The van der Waals surface area contributed by atoms with Crippen LogP contribution in [0, 0.1) is 5.92 Å². The molecule has 1 aromatic rings. The minimum absolute atomic E-state index is 0.0673. The van der Waals surface area contributed by atoms with E-state index in [4.69, 9.17) is 4.74 Å². The van der Waals surface area contributed by atoms with Gasteiger partial charge in [-0.25, -0.2) is 0 Å². The number of rotatable bonds is 6. The summed E-state index contributed by atoms with van der Waals surface area (Å²) in [6, 6.07) is 3.86. The van der Waals surface area contributed by atoms with E-state index in [1.165, 1.54) is 11.3 Å². The van der Waals surface area contributed by atoms with E-state index in [0.717, 1.165) is 44.0 Å². The van der Waals surface area contributed by atoms with Crippen molar-refractivity contribution in [3.63, 3.8) is 0 Å². The number of likely N-dealkylation sites (N-methyl/N-ethyl adjacent to an activating group) is 1. The summed E-state index contributed by atoms with van der Waals surface area (Å²) in [6.45, 7) is 7.59. The summed E-state index contributed by atoms with van der Waals surface area (Å²) in [5, 5.41) is 1.97. The van der Waals surface area contributed by atoms with Crippen molar-refractivity contribution in [2.24, 2.45) is 5.92 Å². The summed E-state index contributed by atoms with van der Waals surface area (Å²) in [6.07, 6.45) is 2.06. The zero-order valence-corrected chi connectivity index (χ0v) is 15.0. The van der Waals surface area contributed by atoms with Crippen LogP contribution in [0.15, 0.2) is 17.5 Å². The van der Waals surface area contributed by atoms with Crippen LogP contribution in [0.25, 0.3) is 0 Å². The first-order valence-electron chi connectivity index (χ1n) is 7.99. The molecule has 5 heteroatoms. The van der Waals surface area contributed by atoms with E-state index in [-0.39, 0.29) is 11.5 Å². The lowest BCUT2D eigenvalue weighted by Crippen LogP contribution is -2.43. The lowest BCUT2D eigenvalue weighted by Gasteiger charge is -2.38. The Morgan fingerprint density at radius 1 is 1.41 bits per heavy atom. The normalized spacial score (nSPS) is 21.0. The van der Waals surface area contributed by atoms with Gasteiger partial charge in [0.05, 0.1) is 10.5 Å². The molecule has 124 valence electrons. The maximum Gasteiger partial charge on any atom is 0.263 e. The lowest BCUT2D eigenvalue weighted by atomic mass is 9.88. The second kappa shape index (κ2) is 7.57. The molecule has 2 rings (SSSR count). The molecule has 1 amide bonds. The molecule has 1 aliphatic heterocycles. The summed E-state index contributed by atoms with van der Waals surface area (Å²) in [5.41, 5.74) is -0.0673. The van der Waals surface area contributed by atoms with Gasteiger partial charge in [0, 0.05) is 26.2 Å². The fourth-order valence-corrected chi connectivity index (χ4v) is 3.67. The van der Waals surface area contributed by atoms with Crippen LogP contribution >= 0.6 is 11.3 Å². The second-order valence-electron chi connectivity index (χ2n) is 7.00. The van der Waals surface area contributed by atoms with E-state index < -0.39 is 0 Å². The second-order valence-corrected chi connectivity index (χ2v) is 7.95. The average Bonchev–Trinajstić information content (AvgIpc) is 2.95. The summed E-state index contributed by atoms with van der Waals surface area (Å²) in [4.78, 5) is 17.7. The minimum Gasteiger partial charge on any atom is -0.376 e. The maximum absolute atomic E-state index is 12.7. The Hall–Kier alpha value is -0.910. The minimum atomic E-state index is -0.0673. The highest BCUT2D eigenvalue weighted by molar-refractivity contribution is 7.12. The Morgan fingerprint density at radius 2 is 2.18 bits per heavy atom. The number of thiophene rings is 1. The van der Waals surface area contributed by atoms with Crippen molar-refractivity contribution in [1.82, 2.24) is 9.80 Å². The van der Waals surface area contributed by atoms with Crippen LogP contribution in [0.4, 0.5) is 0 Å². The molecule has 0 aromatic carbocycles. The van der Waals surface area contributed by atoms with Gasteiger partial charge in [0.15, 0.2) is 0 Å². The van der Waals surface area contributed by atoms with Crippen LogP contribution in [0.5, 0.6) is 0 Å². The highest BCUT2D eigenvalue weighted by Gasteiger charge is 2.31. The van der Waals surface area contributed by atoms with Crippen LogP contribution in [0.3, 0.4) is 0 Å². The zero-order chi connectivity index (χ0) is 16.2. The fourth-order valence-electron chi connectivity index (χ4n) is 2.98. The highest BCUT2D eigenvalue weighted by Crippen LogP contribution is 2.29. The van der Waals surface area contributed by atoms with E-state index in [0.29, 0.717) is 5.92 Å². The quantitative estimate of drug-likeness (QED) is 0.806. The predicted molar refractivity (Wildman–Crippen MR) is 91.5 cm³/mol. The van der Waals surface area contributed by atoms with Crippen LogP contribution in [-0.4, -0.2) is 61.6 Å². The van der Waals surface area contributed by atoms with Crippen molar-refractivity contribution < 1.29 is 9.53 Å². The van der Waals surface area contributed by atoms with Crippen LogP contribution in [0.2, 0.25) is 0 Å². The van der Waals surface area contributed by atoms with Gasteiger partial charge in [0.25, 0.3) is 5.91 Å². The van der Waals surface area contributed by atoms with Crippen molar-refractivity contribution in [3.05, 3.63) is 22.4 Å². The molecule has 4 nitrogen and oxygen atoms in total. The summed E-state index contributed by atoms with van der Waals surface area (Å²) in [5.74, 6) is 0.691. The Bertz CT molecular complexity index is 471. The van der Waals surface area contributed by atoms with Crippen molar-refractivity contribution in [2.45, 2.75) is 32.3 Å². The van der Waals surface area contributed by atoms with Gasteiger partial charge in [-0.1, -0.05) is 6.07 Å². The standard InChI is InChI=1S/C17H28N2O2S/c1-17(2)12-14(7-10-21-17)13-19(9-8-18(3)4)16(20)15-6-5-11-22-15/h5-6,11,14H,7-10,12-13H2,1-4H3/t14-/m0/s1. The van der Waals surface area contributed by atoms with E-state index in [1.54, 1.807) is 0 Å². The van der Waals surface area contributed by atoms with E-state index in [9.17, 15) is 4.79 Å². The molecule has 1 fully saturated rings. The third kappa shape index (κ3) is 5.07. The molecule has 0 spiro atoms. The molecule has 0 saturated carbocycles. The Labute approximate surface area is 138 Å². The molecule has 22 heavy (non-hydrogen) atoms. The molecular weight excluding hydrogens is 296 g/mol. The molecule has 1 aliphatic rings. The smallest absolute Gasteiger partial charge is 0.263 e. The molecule has 0 N–H and O–H groups in total. The number of amides is 1. The van der Waals surface area contributed by atoms with E-state index >= 15 is 0 Å². The molecule has 0 radical (unpaired) electrons. The van der Waals surface area contributed by atoms with Crippen LogP contribution in [0.1, 0.15) is 36.4 Å². The zero-order valence-electron chi connectivity index (χ0n) is 14.2.